The van der Waals surface area contributed by atoms with Crippen molar-refractivity contribution in [1.29, 1.82) is 0 Å². The smallest absolute Gasteiger partial charge is 0.295 e. The molecule has 0 saturated heterocycles. The van der Waals surface area contributed by atoms with Crippen LogP contribution in [0, 0.1) is 17.7 Å². The highest BCUT2D eigenvalue weighted by molar-refractivity contribution is 6.30. The van der Waals surface area contributed by atoms with E-state index in [9.17, 15) is 29.0 Å². The van der Waals surface area contributed by atoms with Crippen molar-refractivity contribution in [3.05, 3.63) is 61.8 Å². The summed E-state index contributed by atoms with van der Waals surface area (Å²) in [5.41, 5.74) is 0.233. The molecule has 0 bridgehead atoms. The van der Waals surface area contributed by atoms with Gasteiger partial charge in [0, 0.05) is 25.2 Å². The molecule has 35 heavy (non-hydrogen) atoms. The van der Waals surface area contributed by atoms with Gasteiger partial charge in [0.15, 0.2) is 5.75 Å². The highest BCUT2D eigenvalue weighted by atomic mass is 35.5. The van der Waals surface area contributed by atoms with Crippen LogP contribution in [0.3, 0.4) is 0 Å². The number of carbonyl (C=O) groups is 2. The molecule has 2 amide bonds. The molecular weight excluding hydrogens is 477 g/mol. The highest BCUT2D eigenvalue weighted by Gasteiger charge is 2.50. The van der Waals surface area contributed by atoms with Crippen LogP contribution in [0.15, 0.2) is 23.0 Å². The number of rotatable bonds is 6. The van der Waals surface area contributed by atoms with Crippen molar-refractivity contribution in [2.24, 2.45) is 11.8 Å². The van der Waals surface area contributed by atoms with E-state index in [1.54, 1.807) is 4.90 Å². The molecule has 2 saturated carbocycles. The summed E-state index contributed by atoms with van der Waals surface area (Å²) < 4.78 is 14.9. The monoisotopic (exact) mass is 501 g/mol. The van der Waals surface area contributed by atoms with Crippen molar-refractivity contribution in [3.8, 4) is 5.75 Å². The van der Waals surface area contributed by atoms with E-state index in [4.69, 9.17) is 11.6 Å². The molecule has 2 aliphatic heterocycles. The minimum Gasteiger partial charge on any atom is -0.502 e. The summed E-state index contributed by atoms with van der Waals surface area (Å²) in [5.74, 6) is -1.90. The van der Waals surface area contributed by atoms with Crippen LogP contribution >= 0.6 is 11.6 Å². The largest absolute Gasteiger partial charge is 0.502 e. The first-order valence-corrected chi connectivity index (χ1v) is 12.4. The number of carbonyl (C=O) groups excluding carboxylic acids is 2. The molecule has 1 aromatic heterocycles. The number of aromatic hydroxyl groups is 1. The van der Waals surface area contributed by atoms with Crippen molar-refractivity contribution >= 4 is 23.4 Å². The maximum Gasteiger partial charge on any atom is 0.295 e. The molecule has 6 rings (SSSR count). The number of hydrogen-bond donors (Lipinski definition) is 2. The maximum absolute atomic E-state index is 13.6. The first kappa shape index (κ1) is 22.5. The Hall–Kier alpha value is -2.91. The standard InChI is InChI=1S/C25H25ClFN3O5/c26-16-9-12(1-6-17(16)27)10-28-8-7-15-19(23(28)33)21(32)25(35)30-20(15)24(34)29(22(30)14-4-5-14)11-18(31)13-2-3-13/h1,6,9,13-14,18,22,31-32H,2-5,7-8,10-11H2. The van der Waals surface area contributed by atoms with E-state index in [2.05, 4.69) is 0 Å². The molecule has 0 spiro atoms. The van der Waals surface area contributed by atoms with Crippen LogP contribution in [0.2, 0.25) is 5.02 Å². The fourth-order valence-corrected chi connectivity index (χ4v) is 5.68. The van der Waals surface area contributed by atoms with E-state index in [1.165, 1.54) is 27.7 Å². The fourth-order valence-electron chi connectivity index (χ4n) is 5.48. The van der Waals surface area contributed by atoms with Crippen LogP contribution < -0.4 is 5.56 Å². The number of halogens is 2. The molecular formula is C25H25ClFN3O5. The summed E-state index contributed by atoms with van der Waals surface area (Å²) in [6.07, 6.45) is 2.61. The molecule has 184 valence electrons. The van der Waals surface area contributed by atoms with Crippen LogP contribution in [0.25, 0.3) is 0 Å². The zero-order valence-corrected chi connectivity index (χ0v) is 19.7. The van der Waals surface area contributed by atoms with Crippen LogP contribution in [-0.2, 0) is 13.0 Å². The SMILES string of the molecule is O=C1c2c(c3n(c(=O)c2O)C(C2CC2)N(CC(O)C2CC2)C3=O)CCN1Cc1ccc(F)c(Cl)c1. The van der Waals surface area contributed by atoms with Gasteiger partial charge in [0.25, 0.3) is 17.4 Å². The number of pyridine rings is 1. The molecule has 2 N–H and O–H groups in total. The Kier molecular flexibility index (Phi) is 5.19. The molecule has 8 nitrogen and oxygen atoms in total. The van der Waals surface area contributed by atoms with E-state index >= 15 is 0 Å². The van der Waals surface area contributed by atoms with Gasteiger partial charge in [-0.1, -0.05) is 17.7 Å². The lowest BCUT2D eigenvalue weighted by atomic mass is 9.95. The lowest BCUT2D eigenvalue weighted by Crippen LogP contribution is -2.40. The number of β-amino-alcohol motifs (C(OH)–C–C–N with tert-alkyl or cyclic N) is 1. The average molecular weight is 502 g/mol. The number of benzene rings is 1. The number of aliphatic hydroxyl groups is 1. The topological polar surface area (TPSA) is 103 Å². The maximum atomic E-state index is 13.6. The summed E-state index contributed by atoms with van der Waals surface area (Å²) in [6, 6.07) is 4.18. The molecule has 2 atom stereocenters. The molecule has 0 radical (unpaired) electrons. The predicted octanol–water partition coefficient (Wildman–Crippen LogP) is 2.68. The Morgan fingerprint density at radius 3 is 2.51 bits per heavy atom. The van der Waals surface area contributed by atoms with Crippen molar-refractivity contribution < 1.29 is 24.2 Å². The summed E-state index contributed by atoms with van der Waals surface area (Å²) in [6.45, 7) is 0.513. The second kappa shape index (κ2) is 8.06. The van der Waals surface area contributed by atoms with E-state index in [1.807, 2.05) is 0 Å². The fraction of sp³-hybridized carbons (Fsp3) is 0.480. The van der Waals surface area contributed by atoms with Crippen LogP contribution in [-0.4, -0.2) is 55.6 Å². The predicted molar refractivity (Wildman–Crippen MR) is 124 cm³/mol. The van der Waals surface area contributed by atoms with Gasteiger partial charge in [0.05, 0.1) is 16.7 Å². The lowest BCUT2D eigenvalue weighted by molar-refractivity contribution is 0.0420. The van der Waals surface area contributed by atoms with Gasteiger partial charge < -0.3 is 20.0 Å². The van der Waals surface area contributed by atoms with Crippen LogP contribution in [0.1, 0.15) is 63.8 Å². The molecule has 2 aliphatic carbocycles. The first-order chi connectivity index (χ1) is 16.8. The number of hydrogen-bond acceptors (Lipinski definition) is 5. The third-order valence-electron chi connectivity index (χ3n) is 7.62. The van der Waals surface area contributed by atoms with Gasteiger partial charge in [-0.3, -0.25) is 19.0 Å². The zero-order valence-electron chi connectivity index (χ0n) is 18.9. The number of aromatic nitrogens is 1. The third kappa shape index (κ3) is 3.63. The number of aliphatic hydroxyl groups excluding tert-OH is 1. The van der Waals surface area contributed by atoms with Gasteiger partial charge >= 0.3 is 0 Å². The Bertz CT molecular complexity index is 1320. The number of amides is 2. The highest BCUT2D eigenvalue weighted by Crippen LogP contribution is 2.47. The van der Waals surface area contributed by atoms with Crippen molar-refractivity contribution in [2.45, 2.75) is 50.9 Å². The van der Waals surface area contributed by atoms with Gasteiger partial charge in [0.1, 0.15) is 17.7 Å². The minimum absolute atomic E-state index is 0.0588. The van der Waals surface area contributed by atoms with Crippen LogP contribution in [0.4, 0.5) is 4.39 Å². The molecule has 2 aromatic rings. The average Bonchev–Trinajstić information content (AvgIpc) is 3.74. The Morgan fingerprint density at radius 2 is 1.86 bits per heavy atom. The van der Waals surface area contributed by atoms with E-state index in [0.29, 0.717) is 11.1 Å². The number of nitrogens with zero attached hydrogens (tertiary/aromatic N) is 3. The van der Waals surface area contributed by atoms with E-state index in [0.717, 1.165) is 25.7 Å². The summed E-state index contributed by atoms with van der Waals surface area (Å²) in [5, 5.41) is 21.4. The third-order valence-corrected chi connectivity index (χ3v) is 7.91. The Labute approximate surface area is 205 Å². The Balaban J connectivity index is 1.38. The van der Waals surface area contributed by atoms with Gasteiger partial charge in [-0.05, 0) is 61.6 Å². The molecule has 2 fully saturated rings. The number of fused-ring (bicyclic) bond motifs is 3. The zero-order chi connectivity index (χ0) is 24.6. The quantitative estimate of drug-likeness (QED) is 0.633. The molecule has 1 aromatic carbocycles. The summed E-state index contributed by atoms with van der Waals surface area (Å²) in [4.78, 5) is 43.3. The molecule has 2 unspecified atom stereocenters. The summed E-state index contributed by atoms with van der Waals surface area (Å²) >= 11 is 5.87. The lowest BCUT2D eigenvalue weighted by Gasteiger charge is -2.30. The van der Waals surface area contributed by atoms with E-state index < -0.39 is 35.3 Å². The molecule has 4 aliphatic rings. The normalized spacial score (nSPS) is 22.4. The van der Waals surface area contributed by atoms with Gasteiger partial charge in [0.2, 0.25) is 0 Å². The second-order valence-corrected chi connectivity index (χ2v) is 10.5. The second-order valence-electron chi connectivity index (χ2n) is 10.1. The Morgan fingerprint density at radius 1 is 1.11 bits per heavy atom. The van der Waals surface area contributed by atoms with Crippen molar-refractivity contribution in [1.82, 2.24) is 14.4 Å². The first-order valence-electron chi connectivity index (χ1n) is 12.0. The van der Waals surface area contributed by atoms with Crippen LogP contribution in [0.5, 0.6) is 5.75 Å². The molecule has 3 heterocycles. The van der Waals surface area contributed by atoms with E-state index in [-0.39, 0.29) is 60.1 Å². The molecule has 10 heteroatoms. The van der Waals surface area contributed by atoms with Gasteiger partial charge in [-0.15, -0.1) is 0 Å². The van der Waals surface area contributed by atoms with Gasteiger partial charge in [-0.2, -0.15) is 0 Å². The summed E-state index contributed by atoms with van der Waals surface area (Å²) in [7, 11) is 0. The minimum atomic E-state index is -0.757. The van der Waals surface area contributed by atoms with Gasteiger partial charge in [-0.25, -0.2) is 4.39 Å². The van der Waals surface area contributed by atoms with Crippen molar-refractivity contribution in [2.75, 3.05) is 13.1 Å². The van der Waals surface area contributed by atoms with Crippen molar-refractivity contribution in [3.63, 3.8) is 0 Å².